The number of carbonyl (C=O) groups is 2. The van der Waals surface area contributed by atoms with Crippen molar-refractivity contribution in [1.82, 2.24) is 5.32 Å². The molecule has 0 spiro atoms. The highest BCUT2D eigenvalue weighted by Gasteiger charge is 2.57. The van der Waals surface area contributed by atoms with E-state index in [2.05, 4.69) is 5.32 Å². The standard InChI is InChI=1S/C9H13NO3/c11-7(10-6-2-1-3-6)9(4-5-9)8(12)13/h6H,1-5H2,(H,10,11)(H,12,13). The second-order valence-corrected chi connectivity index (χ2v) is 3.99. The summed E-state index contributed by atoms with van der Waals surface area (Å²) in [5, 5.41) is 11.6. The number of aliphatic carboxylic acids is 1. The lowest BCUT2D eigenvalue weighted by Gasteiger charge is -2.27. The van der Waals surface area contributed by atoms with Gasteiger partial charge in [0.25, 0.3) is 0 Å². The highest BCUT2D eigenvalue weighted by molar-refractivity contribution is 6.04. The van der Waals surface area contributed by atoms with Gasteiger partial charge in [0.1, 0.15) is 5.41 Å². The third-order valence-corrected chi connectivity index (χ3v) is 3.03. The molecule has 2 aliphatic rings. The van der Waals surface area contributed by atoms with Crippen molar-refractivity contribution >= 4 is 11.9 Å². The molecule has 2 aliphatic carbocycles. The molecule has 4 heteroatoms. The highest BCUT2D eigenvalue weighted by atomic mass is 16.4. The second kappa shape index (κ2) is 2.72. The lowest BCUT2D eigenvalue weighted by molar-refractivity contribution is -0.149. The van der Waals surface area contributed by atoms with Crippen molar-refractivity contribution in [3.05, 3.63) is 0 Å². The summed E-state index contributed by atoms with van der Waals surface area (Å²) in [6.07, 6.45) is 4.15. The molecule has 0 atom stereocenters. The number of carboxylic acids is 1. The lowest BCUT2D eigenvalue weighted by Crippen LogP contribution is -2.45. The van der Waals surface area contributed by atoms with E-state index >= 15 is 0 Å². The Morgan fingerprint density at radius 3 is 2.23 bits per heavy atom. The highest BCUT2D eigenvalue weighted by Crippen LogP contribution is 2.46. The molecule has 13 heavy (non-hydrogen) atoms. The number of carbonyl (C=O) groups excluding carboxylic acids is 1. The molecule has 0 saturated heterocycles. The Bertz CT molecular complexity index is 254. The number of rotatable bonds is 3. The van der Waals surface area contributed by atoms with Crippen LogP contribution in [-0.2, 0) is 9.59 Å². The lowest BCUT2D eigenvalue weighted by atomic mass is 9.92. The molecule has 2 rings (SSSR count). The van der Waals surface area contributed by atoms with Gasteiger partial charge >= 0.3 is 5.97 Å². The van der Waals surface area contributed by atoms with E-state index < -0.39 is 11.4 Å². The van der Waals surface area contributed by atoms with E-state index in [4.69, 9.17) is 5.11 Å². The summed E-state index contributed by atoms with van der Waals surface area (Å²) in [5.74, 6) is -1.24. The fourth-order valence-electron chi connectivity index (χ4n) is 1.54. The minimum atomic E-state index is -1.06. The van der Waals surface area contributed by atoms with Crippen molar-refractivity contribution in [1.29, 1.82) is 0 Å². The maximum Gasteiger partial charge on any atom is 0.319 e. The van der Waals surface area contributed by atoms with Gasteiger partial charge in [0, 0.05) is 6.04 Å². The van der Waals surface area contributed by atoms with E-state index in [9.17, 15) is 9.59 Å². The third kappa shape index (κ3) is 1.30. The predicted molar refractivity (Wildman–Crippen MR) is 45.1 cm³/mol. The summed E-state index contributed by atoms with van der Waals surface area (Å²) in [6.45, 7) is 0. The summed E-state index contributed by atoms with van der Waals surface area (Å²) in [4.78, 5) is 22.2. The summed E-state index contributed by atoms with van der Waals surface area (Å²) >= 11 is 0. The summed E-state index contributed by atoms with van der Waals surface area (Å²) in [5.41, 5.74) is -1.06. The van der Waals surface area contributed by atoms with Crippen molar-refractivity contribution in [3.8, 4) is 0 Å². The number of nitrogens with one attached hydrogen (secondary N) is 1. The molecule has 1 amide bonds. The van der Waals surface area contributed by atoms with Gasteiger partial charge in [-0.1, -0.05) is 0 Å². The van der Waals surface area contributed by atoms with Crippen LogP contribution < -0.4 is 5.32 Å². The maximum atomic E-state index is 11.5. The molecule has 72 valence electrons. The Morgan fingerprint density at radius 2 is 1.92 bits per heavy atom. The first-order valence-corrected chi connectivity index (χ1v) is 4.69. The van der Waals surface area contributed by atoms with Crippen LogP contribution in [0.4, 0.5) is 0 Å². The fraction of sp³-hybridized carbons (Fsp3) is 0.778. The third-order valence-electron chi connectivity index (χ3n) is 3.03. The van der Waals surface area contributed by atoms with E-state index in [0.29, 0.717) is 12.8 Å². The monoisotopic (exact) mass is 183 g/mol. The maximum absolute atomic E-state index is 11.5. The quantitative estimate of drug-likeness (QED) is 0.627. The van der Waals surface area contributed by atoms with E-state index in [1.807, 2.05) is 0 Å². The molecule has 0 heterocycles. The van der Waals surface area contributed by atoms with Gasteiger partial charge in [-0.25, -0.2) is 0 Å². The first-order valence-electron chi connectivity index (χ1n) is 4.69. The zero-order chi connectivity index (χ0) is 9.47. The minimum absolute atomic E-state index is 0.240. The number of amides is 1. The summed E-state index contributed by atoms with van der Waals surface area (Å²) < 4.78 is 0. The number of hydrogen-bond acceptors (Lipinski definition) is 2. The number of hydrogen-bond donors (Lipinski definition) is 2. The largest absolute Gasteiger partial charge is 0.480 e. The van der Waals surface area contributed by atoms with Gasteiger partial charge in [-0.05, 0) is 32.1 Å². The molecule has 0 aromatic heterocycles. The Balaban J connectivity index is 1.92. The normalized spacial score (nSPS) is 24.6. The van der Waals surface area contributed by atoms with E-state index in [1.165, 1.54) is 0 Å². The predicted octanol–water partition coefficient (Wildman–Crippen LogP) is 0.520. The smallest absolute Gasteiger partial charge is 0.319 e. The van der Waals surface area contributed by atoms with Crippen LogP contribution in [0.15, 0.2) is 0 Å². The SMILES string of the molecule is O=C(O)C1(C(=O)NC2CCC2)CC1. The van der Waals surface area contributed by atoms with Crippen LogP contribution in [0, 0.1) is 5.41 Å². The topological polar surface area (TPSA) is 66.4 Å². The molecule has 4 nitrogen and oxygen atoms in total. The van der Waals surface area contributed by atoms with Crippen molar-refractivity contribution in [2.75, 3.05) is 0 Å². The zero-order valence-electron chi connectivity index (χ0n) is 7.38. The van der Waals surface area contributed by atoms with E-state index in [-0.39, 0.29) is 11.9 Å². The Morgan fingerprint density at radius 1 is 1.31 bits per heavy atom. The molecule has 2 N–H and O–H groups in total. The molecule has 0 bridgehead atoms. The van der Waals surface area contributed by atoms with Crippen LogP contribution in [0.2, 0.25) is 0 Å². The van der Waals surface area contributed by atoms with Crippen molar-refractivity contribution in [3.63, 3.8) is 0 Å². The Hall–Kier alpha value is -1.06. The molecular formula is C9H13NO3. The average molecular weight is 183 g/mol. The number of carboxylic acid groups (broad SMARTS) is 1. The van der Waals surface area contributed by atoms with E-state index in [0.717, 1.165) is 19.3 Å². The van der Waals surface area contributed by atoms with E-state index in [1.54, 1.807) is 0 Å². The Labute approximate surface area is 76.3 Å². The van der Waals surface area contributed by atoms with Crippen LogP contribution >= 0.6 is 0 Å². The molecule has 0 unspecified atom stereocenters. The van der Waals surface area contributed by atoms with Crippen LogP contribution in [0.3, 0.4) is 0 Å². The van der Waals surface area contributed by atoms with Gasteiger partial charge in [0.05, 0.1) is 0 Å². The van der Waals surface area contributed by atoms with Crippen LogP contribution in [0.1, 0.15) is 32.1 Å². The second-order valence-electron chi connectivity index (χ2n) is 3.99. The first kappa shape index (κ1) is 8.53. The molecular weight excluding hydrogens is 170 g/mol. The summed E-state index contributed by atoms with van der Waals surface area (Å²) in [6, 6.07) is 0.240. The van der Waals surface area contributed by atoms with Gasteiger partial charge in [-0.3, -0.25) is 9.59 Å². The van der Waals surface area contributed by atoms with Gasteiger partial charge in [0.2, 0.25) is 5.91 Å². The van der Waals surface area contributed by atoms with Gasteiger partial charge in [-0.15, -0.1) is 0 Å². The summed E-state index contributed by atoms with van der Waals surface area (Å²) in [7, 11) is 0. The Kier molecular flexibility index (Phi) is 1.78. The average Bonchev–Trinajstić information content (AvgIpc) is 2.75. The van der Waals surface area contributed by atoms with Crippen LogP contribution in [-0.4, -0.2) is 23.0 Å². The van der Waals surface area contributed by atoms with Crippen molar-refractivity contribution in [2.24, 2.45) is 5.41 Å². The van der Waals surface area contributed by atoms with Gasteiger partial charge in [0.15, 0.2) is 0 Å². The zero-order valence-corrected chi connectivity index (χ0v) is 7.38. The molecule has 0 aliphatic heterocycles. The molecule has 2 fully saturated rings. The molecule has 0 radical (unpaired) electrons. The molecule has 0 aromatic rings. The van der Waals surface area contributed by atoms with Crippen LogP contribution in [0.5, 0.6) is 0 Å². The fourth-order valence-corrected chi connectivity index (χ4v) is 1.54. The van der Waals surface area contributed by atoms with Crippen molar-refractivity contribution < 1.29 is 14.7 Å². The molecule has 2 saturated carbocycles. The van der Waals surface area contributed by atoms with Crippen LogP contribution in [0.25, 0.3) is 0 Å². The van der Waals surface area contributed by atoms with Gasteiger partial charge in [-0.2, -0.15) is 0 Å². The van der Waals surface area contributed by atoms with Crippen molar-refractivity contribution in [2.45, 2.75) is 38.1 Å². The first-order chi connectivity index (χ1) is 6.15. The minimum Gasteiger partial charge on any atom is -0.480 e. The van der Waals surface area contributed by atoms with Gasteiger partial charge < -0.3 is 10.4 Å². The molecule has 0 aromatic carbocycles.